The molecule has 0 unspecified atom stereocenters. The van der Waals surface area contributed by atoms with E-state index in [0.29, 0.717) is 5.75 Å². The van der Waals surface area contributed by atoms with E-state index in [1.165, 1.54) is 6.92 Å². The highest BCUT2D eigenvalue weighted by atomic mass is 16.6. The molecule has 74 valence electrons. The summed E-state index contributed by atoms with van der Waals surface area (Å²) in [6.45, 7) is 3.18. The molecule has 0 aliphatic carbocycles. The molecule has 0 atom stereocenters. The van der Waals surface area contributed by atoms with Gasteiger partial charge in [-0.25, -0.2) is 4.79 Å². The van der Waals surface area contributed by atoms with Crippen LogP contribution in [0.5, 0.6) is 5.75 Å². The molecule has 0 bridgehead atoms. The van der Waals surface area contributed by atoms with Gasteiger partial charge in [-0.15, -0.1) is 0 Å². The van der Waals surface area contributed by atoms with Crippen molar-refractivity contribution in [1.29, 1.82) is 0 Å². The molecule has 0 heterocycles. The molecule has 1 N–H and O–H groups in total. The van der Waals surface area contributed by atoms with E-state index in [1.54, 1.807) is 12.1 Å². The maximum absolute atomic E-state index is 11.0. The first-order valence-corrected chi connectivity index (χ1v) is 4.14. The first-order valence-electron chi connectivity index (χ1n) is 4.14. The molecule has 0 saturated heterocycles. The van der Waals surface area contributed by atoms with Gasteiger partial charge in [-0.3, -0.25) is 10.1 Å². The van der Waals surface area contributed by atoms with Crippen LogP contribution in [0.4, 0.5) is 4.79 Å². The fourth-order valence-electron chi connectivity index (χ4n) is 0.883. The van der Waals surface area contributed by atoms with Crippen molar-refractivity contribution < 1.29 is 14.3 Å². The Kier molecular flexibility index (Phi) is 3.23. The minimum Gasteiger partial charge on any atom is -0.410 e. The minimum atomic E-state index is -0.763. The normalized spacial score (nSPS) is 9.29. The molecular formula is C10H11NO3. The Morgan fingerprint density at radius 2 is 1.79 bits per heavy atom. The lowest BCUT2D eigenvalue weighted by molar-refractivity contribution is -0.118. The lowest BCUT2D eigenvalue weighted by atomic mass is 10.2. The summed E-state index contributed by atoms with van der Waals surface area (Å²) in [6, 6.07) is 6.96. The summed E-state index contributed by atoms with van der Waals surface area (Å²) in [7, 11) is 0. The lowest BCUT2D eigenvalue weighted by Crippen LogP contribution is -2.30. The average molecular weight is 193 g/mol. The van der Waals surface area contributed by atoms with Crippen molar-refractivity contribution in [2.75, 3.05) is 0 Å². The quantitative estimate of drug-likeness (QED) is 0.737. The van der Waals surface area contributed by atoms with Crippen LogP contribution < -0.4 is 10.1 Å². The van der Waals surface area contributed by atoms with Gasteiger partial charge < -0.3 is 4.74 Å². The third kappa shape index (κ3) is 3.26. The predicted octanol–water partition coefficient (Wildman–Crippen LogP) is 1.63. The molecule has 0 aliphatic heterocycles. The Bertz CT molecular complexity index is 343. The van der Waals surface area contributed by atoms with Gasteiger partial charge in [0.2, 0.25) is 5.91 Å². The van der Waals surface area contributed by atoms with Crippen molar-refractivity contribution in [3.05, 3.63) is 29.8 Å². The van der Waals surface area contributed by atoms with E-state index in [2.05, 4.69) is 0 Å². The topological polar surface area (TPSA) is 55.4 Å². The van der Waals surface area contributed by atoms with Gasteiger partial charge in [0, 0.05) is 6.92 Å². The van der Waals surface area contributed by atoms with Gasteiger partial charge in [-0.05, 0) is 19.1 Å². The number of carbonyl (C=O) groups is 2. The summed E-state index contributed by atoms with van der Waals surface area (Å²) >= 11 is 0. The van der Waals surface area contributed by atoms with E-state index < -0.39 is 12.0 Å². The van der Waals surface area contributed by atoms with Crippen molar-refractivity contribution >= 4 is 12.0 Å². The van der Waals surface area contributed by atoms with E-state index in [4.69, 9.17) is 4.74 Å². The molecule has 0 spiro atoms. The second-order valence-electron chi connectivity index (χ2n) is 2.88. The van der Waals surface area contributed by atoms with Crippen molar-refractivity contribution in [2.24, 2.45) is 0 Å². The molecule has 1 rings (SSSR count). The Hall–Kier alpha value is -1.84. The van der Waals surface area contributed by atoms with E-state index in [1.807, 2.05) is 24.4 Å². The molecule has 0 fully saturated rings. The summed E-state index contributed by atoms with van der Waals surface area (Å²) in [4.78, 5) is 21.4. The van der Waals surface area contributed by atoms with Gasteiger partial charge in [0.05, 0.1) is 0 Å². The summed E-state index contributed by atoms with van der Waals surface area (Å²) in [6.07, 6.45) is -0.763. The zero-order valence-corrected chi connectivity index (χ0v) is 8.03. The number of rotatable bonds is 1. The van der Waals surface area contributed by atoms with Crippen molar-refractivity contribution in [3.63, 3.8) is 0 Å². The van der Waals surface area contributed by atoms with Gasteiger partial charge in [0.25, 0.3) is 0 Å². The van der Waals surface area contributed by atoms with Crippen LogP contribution in [0.1, 0.15) is 12.5 Å². The highest BCUT2D eigenvalue weighted by Gasteiger charge is 2.04. The van der Waals surface area contributed by atoms with Crippen LogP contribution in [0.25, 0.3) is 0 Å². The number of carbonyl (C=O) groups excluding carboxylic acids is 2. The number of nitrogens with one attached hydrogen (secondary N) is 1. The van der Waals surface area contributed by atoms with Crippen molar-refractivity contribution in [1.82, 2.24) is 5.32 Å². The van der Waals surface area contributed by atoms with E-state index >= 15 is 0 Å². The first-order chi connectivity index (χ1) is 6.58. The molecule has 14 heavy (non-hydrogen) atoms. The maximum Gasteiger partial charge on any atom is 0.419 e. The summed E-state index contributed by atoms with van der Waals surface area (Å²) in [5.74, 6) is -0.0311. The largest absolute Gasteiger partial charge is 0.419 e. The molecule has 4 heteroatoms. The van der Waals surface area contributed by atoms with E-state index in [-0.39, 0.29) is 0 Å². The van der Waals surface area contributed by atoms with E-state index in [0.717, 1.165) is 5.56 Å². The number of ether oxygens (including phenoxy) is 1. The van der Waals surface area contributed by atoms with E-state index in [9.17, 15) is 9.59 Å². The minimum absolute atomic E-state index is 0.411. The molecular weight excluding hydrogens is 182 g/mol. The number of aryl methyl sites for hydroxylation is 1. The molecule has 1 aromatic rings. The highest BCUT2D eigenvalue weighted by Crippen LogP contribution is 2.11. The van der Waals surface area contributed by atoms with Crippen LogP contribution in [0, 0.1) is 6.92 Å². The summed E-state index contributed by atoms with van der Waals surface area (Å²) in [5, 5.41) is 2.01. The number of amides is 2. The van der Waals surface area contributed by atoms with Crippen molar-refractivity contribution in [2.45, 2.75) is 13.8 Å². The van der Waals surface area contributed by atoms with Gasteiger partial charge in [0.1, 0.15) is 5.75 Å². The second kappa shape index (κ2) is 4.41. The number of imide groups is 1. The molecule has 0 radical (unpaired) electrons. The number of hydrogen-bond donors (Lipinski definition) is 1. The van der Waals surface area contributed by atoms with Crippen LogP contribution in [-0.4, -0.2) is 12.0 Å². The first kappa shape index (κ1) is 10.2. The average Bonchev–Trinajstić information content (AvgIpc) is 2.07. The number of hydrogen-bond acceptors (Lipinski definition) is 3. The van der Waals surface area contributed by atoms with Gasteiger partial charge in [-0.2, -0.15) is 0 Å². The van der Waals surface area contributed by atoms with Gasteiger partial charge >= 0.3 is 6.09 Å². The fraction of sp³-hybridized carbons (Fsp3) is 0.200. The molecule has 0 aromatic heterocycles. The zero-order valence-electron chi connectivity index (χ0n) is 8.03. The number of benzene rings is 1. The fourth-order valence-corrected chi connectivity index (χ4v) is 0.883. The highest BCUT2D eigenvalue weighted by molar-refractivity contribution is 5.91. The Morgan fingerprint density at radius 1 is 1.21 bits per heavy atom. The third-order valence-corrected chi connectivity index (χ3v) is 1.51. The summed E-state index contributed by atoms with van der Waals surface area (Å²) in [5.41, 5.74) is 1.07. The predicted molar refractivity (Wildman–Crippen MR) is 51.0 cm³/mol. The molecule has 0 aliphatic rings. The third-order valence-electron chi connectivity index (χ3n) is 1.51. The van der Waals surface area contributed by atoms with Crippen LogP contribution in [0.15, 0.2) is 24.3 Å². The zero-order chi connectivity index (χ0) is 10.6. The maximum atomic E-state index is 11.0. The van der Waals surface area contributed by atoms with Crippen LogP contribution in [-0.2, 0) is 4.79 Å². The Labute approximate surface area is 81.9 Å². The molecule has 1 aromatic carbocycles. The van der Waals surface area contributed by atoms with Crippen LogP contribution in [0.2, 0.25) is 0 Å². The van der Waals surface area contributed by atoms with Crippen LogP contribution >= 0.6 is 0 Å². The van der Waals surface area contributed by atoms with Crippen LogP contribution in [0.3, 0.4) is 0 Å². The standard InChI is InChI=1S/C10H11NO3/c1-7-3-5-9(6-4-7)14-10(13)11-8(2)12/h3-6H,1-2H3,(H,11,12,13). The second-order valence-corrected chi connectivity index (χ2v) is 2.88. The summed E-state index contributed by atoms with van der Waals surface area (Å²) < 4.78 is 4.81. The molecule has 2 amide bonds. The van der Waals surface area contributed by atoms with Gasteiger partial charge in [-0.1, -0.05) is 17.7 Å². The monoisotopic (exact) mass is 193 g/mol. The Balaban J connectivity index is 2.56. The van der Waals surface area contributed by atoms with Gasteiger partial charge in [0.15, 0.2) is 0 Å². The van der Waals surface area contributed by atoms with Crippen molar-refractivity contribution in [3.8, 4) is 5.75 Å². The molecule has 0 saturated carbocycles. The Morgan fingerprint density at radius 3 is 2.29 bits per heavy atom. The molecule has 4 nitrogen and oxygen atoms in total. The smallest absolute Gasteiger partial charge is 0.410 e. The lowest BCUT2D eigenvalue weighted by Gasteiger charge is -2.03. The SMILES string of the molecule is CC(=O)NC(=O)Oc1ccc(C)cc1.